The Labute approximate surface area is 128 Å². The lowest BCUT2D eigenvalue weighted by atomic mass is 10.4. The van der Waals surface area contributed by atoms with Gasteiger partial charge in [0.1, 0.15) is 0 Å². The Morgan fingerprint density at radius 2 is 1.43 bits per heavy atom. The van der Waals surface area contributed by atoms with Crippen molar-refractivity contribution in [2.24, 2.45) is 0 Å². The Balaban J connectivity index is 2.23. The third-order valence-corrected chi connectivity index (χ3v) is 5.84. The van der Waals surface area contributed by atoms with Crippen LogP contribution in [0.15, 0.2) is 60.7 Å². The highest BCUT2D eigenvalue weighted by Gasteiger charge is 2.19. The Kier molecular flexibility index (Phi) is 5.95. The molecule has 0 radical (unpaired) electrons. The van der Waals surface area contributed by atoms with E-state index in [0.717, 1.165) is 13.0 Å². The Morgan fingerprint density at radius 3 is 1.86 bits per heavy atom. The third kappa shape index (κ3) is 4.41. The van der Waals surface area contributed by atoms with E-state index in [4.69, 9.17) is 0 Å². The van der Waals surface area contributed by atoms with Crippen LogP contribution in [-0.2, 0) is 4.79 Å². The molecule has 2 aromatic rings. The molecule has 0 spiro atoms. The number of hydrogen-bond acceptors (Lipinski definition) is 1. The van der Waals surface area contributed by atoms with Gasteiger partial charge in [0.2, 0.25) is 5.91 Å². The zero-order chi connectivity index (χ0) is 15.1. The highest BCUT2D eigenvalue weighted by Crippen LogP contribution is 2.33. The lowest BCUT2D eigenvalue weighted by Gasteiger charge is -2.22. The van der Waals surface area contributed by atoms with Gasteiger partial charge in [-0.2, -0.15) is 0 Å². The van der Waals surface area contributed by atoms with Crippen LogP contribution in [0, 0.1) is 0 Å². The van der Waals surface area contributed by atoms with Crippen LogP contribution >= 0.6 is 7.92 Å². The average molecular weight is 299 g/mol. The highest BCUT2D eigenvalue weighted by atomic mass is 31.1. The molecule has 0 heterocycles. The molecule has 0 N–H and O–H groups in total. The molecule has 0 unspecified atom stereocenters. The summed E-state index contributed by atoms with van der Waals surface area (Å²) in [6.07, 6.45) is 1.58. The summed E-state index contributed by atoms with van der Waals surface area (Å²) in [6.45, 7) is 2.92. The molecular formula is C18H22NOP. The summed E-state index contributed by atoms with van der Waals surface area (Å²) in [6, 6.07) is 20.8. The molecule has 0 aromatic heterocycles. The minimum absolute atomic E-state index is 0.232. The van der Waals surface area contributed by atoms with Gasteiger partial charge in [-0.3, -0.25) is 4.79 Å². The maximum Gasteiger partial charge on any atom is 0.227 e. The summed E-state index contributed by atoms with van der Waals surface area (Å²) in [5.74, 6) is 0.232. The number of rotatable bonds is 6. The van der Waals surface area contributed by atoms with Crippen molar-refractivity contribution >= 4 is 24.4 Å². The molecule has 0 saturated heterocycles. The zero-order valence-corrected chi connectivity index (χ0v) is 13.6. The van der Waals surface area contributed by atoms with Gasteiger partial charge >= 0.3 is 0 Å². The van der Waals surface area contributed by atoms with Crippen molar-refractivity contribution in [2.75, 3.05) is 19.8 Å². The van der Waals surface area contributed by atoms with E-state index in [0.29, 0.717) is 6.16 Å². The van der Waals surface area contributed by atoms with Crippen LogP contribution in [0.4, 0.5) is 0 Å². The van der Waals surface area contributed by atoms with E-state index in [-0.39, 0.29) is 5.91 Å². The normalized spacial score (nSPS) is 10.6. The SMILES string of the molecule is CCCN(C)C(=O)CP(c1ccccc1)c1ccccc1. The molecule has 2 nitrogen and oxygen atoms in total. The van der Waals surface area contributed by atoms with Gasteiger partial charge in [0.25, 0.3) is 0 Å². The molecule has 2 rings (SSSR count). The van der Waals surface area contributed by atoms with Crippen molar-refractivity contribution in [1.29, 1.82) is 0 Å². The minimum atomic E-state index is -0.625. The first-order chi connectivity index (χ1) is 10.2. The monoisotopic (exact) mass is 299 g/mol. The van der Waals surface area contributed by atoms with Crippen LogP contribution < -0.4 is 10.6 Å². The summed E-state index contributed by atoms with van der Waals surface area (Å²) >= 11 is 0. The maximum atomic E-state index is 12.4. The molecule has 0 atom stereocenters. The standard InChI is InChI=1S/C18H22NOP/c1-3-14-19(2)18(20)15-21(16-10-6-4-7-11-16)17-12-8-5-9-13-17/h4-13H,3,14-15H2,1-2H3. The number of benzene rings is 2. The van der Waals surface area contributed by atoms with Crippen LogP contribution in [-0.4, -0.2) is 30.6 Å². The van der Waals surface area contributed by atoms with E-state index >= 15 is 0 Å². The predicted octanol–water partition coefficient (Wildman–Crippen LogP) is 2.99. The molecule has 1 amide bonds. The smallest absolute Gasteiger partial charge is 0.227 e. The molecular weight excluding hydrogens is 277 g/mol. The molecule has 0 bridgehead atoms. The number of nitrogens with zero attached hydrogens (tertiary/aromatic N) is 1. The van der Waals surface area contributed by atoms with E-state index in [1.165, 1.54) is 10.6 Å². The summed E-state index contributed by atoms with van der Waals surface area (Å²) in [7, 11) is 1.27. The second-order valence-electron chi connectivity index (χ2n) is 5.07. The Bertz CT molecular complexity index is 516. The van der Waals surface area contributed by atoms with Crippen molar-refractivity contribution in [1.82, 2.24) is 4.90 Å². The Morgan fingerprint density at radius 1 is 0.952 bits per heavy atom. The second-order valence-corrected chi connectivity index (χ2v) is 7.28. The lowest BCUT2D eigenvalue weighted by molar-refractivity contribution is -0.127. The first-order valence-electron chi connectivity index (χ1n) is 7.34. The summed E-state index contributed by atoms with van der Waals surface area (Å²) in [4.78, 5) is 14.3. The van der Waals surface area contributed by atoms with Crippen molar-refractivity contribution in [3.05, 3.63) is 60.7 Å². The highest BCUT2D eigenvalue weighted by molar-refractivity contribution is 7.73. The van der Waals surface area contributed by atoms with Crippen molar-refractivity contribution in [3.8, 4) is 0 Å². The molecule has 2 aromatic carbocycles. The van der Waals surface area contributed by atoms with Crippen LogP contribution in [0.25, 0.3) is 0 Å². The van der Waals surface area contributed by atoms with Gasteiger partial charge < -0.3 is 4.90 Å². The summed E-state index contributed by atoms with van der Waals surface area (Å²) in [5, 5.41) is 2.52. The molecule has 0 aliphatic rings. The van der Waals surface area contributed by atoms with E-state index in [1.807, 2.05) is 48.3 Å². The van der Waals surface area contributed by atoms with Gasteiger partial charge in [-0.15, -0.1) is 0 Å². The van der Waals surface area contributed by atoms with Gasteiger partial charge in [-0.25, -0.2) is 0 Å². The molecule has 0 aliphatic carbocycles. The topological polar surface area (TPSA) is 20.3 Å². The Hall–Kier alpha value is -1.66. The number of carbonyl (C=O) groups is 1. The fourth-order valence-electron chi connectivity index (χ4n) is 2.26. The third-order valence-electron chi connectivity index (χ3n) is 3.41. The quantitative estimate of drug-likeness (QED) is 0.751. The first-order valence-corrected chi connectivity index (χ1v) is 8.86. The molecule has 110 valence electrons. The molecule has 0 fully saturated rings. The minimum Gasteiger partial charge on any atom is -0.345 e. The van der Waals surface area contributed by atoms with Crippen molar-refractivity contribution < 1.29 is 4.79 Å². The van der Waals surface area contributed by atoms with Gasteiger partial charge in [0.05, 0.1) is 6.16 Å². The van der Waals surface area contributed by atoms with Gasteiger partial charge in [-0.1, -0.05) is 67.6 Å². The van der Waals surface area contributed by atoms with Crippen molar-refractivity contribution in [3.63, 3.8) is 0 Å². The first kappa shape index (κ1) is 15.7. The van der Waals surface area contributed by atoms with E-state index in [1.54, 1.807) is 0 Å². The van der Waals surface area contributed by atoms with Crippen molar-refractivity contribution in [2.45, 2.75) is 13.3 Å². The van der Waals surface area contributed by atoms with Gasteiger partial charge in [0.15, 0.2) is 0 Å². The van der Waals surface area contributed by atoms with Crippen LogP contribution in [0.3, 0.4) is 0 Å². The van der Waals surface area contributed by atoms with Gasteiger partial charge in [0, 0.05) is 13.6 Å². The second kappa shape index (κ2) is 7.95. The fourth-order valence-corrected chi connectivity index (χ4v) is 4.50. The van der Waals surface area contributed by atoms with E-state index < -0.39 is 7.92 Å². The number of carbonyl (C=O) groups excluding carboxylic acids is 1. The largest absolute Gasteiger partial charge is 0.345 e. The van der Waals surface area contributed by atoms with Crippen LogP contribution in [0.5, 0.6) is 0 Å². The number of hydrogen-bond donors (Lipinski definition) is 0. The van der Waals surface area contributed by atoms with Crippen LogP contribution in [0.1, 0.15) is 13.3 Å². The van der Waals surface area contributed by atoms with E-state index in [2.05, 4.69) is 31.2 Å². The average Bonchev–Trinajstić information content (AvgIpc) is 2.54. The maximum absolute atomic E-state index is 12.4. The summed E-state index contributed by atoms with van der Waals surface area (Å²) in [5.41, 5.74) is 0. The van der Waals surface area contributed by atoms with Gasteiger partial charge in [-0.05, 0) is 25.0 Å². The van der Waals surface area contributed by atoms with Crippen LogP contribution in [0.2, 0.25) is 0 Å². The molecule has 3 heteroatoms. The predicted molar refractivity (Wildman–Crippen MR) is 91.9 cm³/mol. The molecule has 0 saturated carbocycles. The molecule has 21 heavy (non-hydrogen) atoms. The molecule has 0 aliphatic heterocycles. The fraction of sp³-hybridized carbons (Fsp3) is 0.278. The summed E-state index contributed by atoms with van der Waals surface area (Å²) < 4.78 is 0. The number of amides is 1. The zero-order valence-electron chi connectivity index (χ0n) is 12.7. The lowest BCUT2D eigenvalue weighted by Crippen LogP contribution is -2.32. The van der Waals surface area contributed by atoms with E-state index in [9.17, 15) is 4.79 Å².